The van der Waals surface area contributed by atoms with Crippen molar-refractivity contribution in [3.05, 3.63) is 106 Å². The van der Waals surface area contributed by atoms with Gasteiger partial charge in [0.15, 0.2) is 6.10 Å². The first kappa shape index (κ1) is 26.7. The molecule has 0 aliphatic heterocycles. The minimum Gasteiger partial charge on any atom is -0.508 e. The Morgan fingerprint density at radius 2 is 1.64 bits per heavy atom. The maximum absolute atomic E-state index is 12.8. The van der Waals surface area contributed by atoms with Crippen LogP contribution in [0.3, 0.4) is 0 Å². The van der Waals surface area contributed by atoms with Crippen molar-refractivity contribution in [3.63, 3.8) is 0 Å². The Balaban J connectivity index is 1.91. The fraction of sp³-hybridized carbons (Fsp3) is 0.148. The van der Waals surface area contributed by atoms with Crippen LogP contribution in [0.15, 0.2) is 91.0 Å². The van der Waals surface area contributed by atoms with Crippen molar-refractivity contribution in [3.8, 4) is 11.5 Å². The number of allylic oxidation sites excluding steroid dienone is 1. The molecule has 0 spiro atoms. The summed E-state index contributed by atoms with van der Waals surface area (Å²) in [5, 5.41) is 21.7. The second-order valence-corrected chi connectivity index (χ2v) is 8.88. The molecule has 0 aromatic heterocycles. The highest BCUT2D eigenvalue weighted by molar-refractivity contribution is 14.1. The number of aliphatic carboxylic acids is 1. The highest BCUT2D eigenvalue weighted by Gasteiger charge is 2.31. The van der Waals surface area contributed by atoms with E-state index in [-0.39, 0.29) is 23.3 Å². The van der Waals surface area contributed by atoms with E-state index in [2.05, 4.69) is 27.9 Å². The van der Waals surface area contributed by atoms with Crippen LogP contribution in [0.25, 0.3) is 0 Å². The number of carboxylic acids is 1. The molecule has 0 saturated carbocycles. The molecule has 0 aliphatic rings. The summed E-state index contributed by atoms with van der Waals surface area (Å²) in [4.78, 5) is 36.1. The van der Waals surface area contributed by atoms with Gasteiger partial charge in [0.1, 0.15) is 17.6 Å². The van der Waals surface area contributed by atoms with Gasteiger partial charge >= 0.3 is 12.1 Å². The normalized spacial score (nSPS) is 12.5. The molecule has 0 heterocycles. The summed E-state index contributed by atoms with van der Waals surface area (Å²) < 4.78 is 12.6. The highest BCUT2D eigenvalue weighted by Crippen LogP contribution is 2.34. The Morgan fingerprint density at radius 3 is 2.31 bits per heavy atom. The van der Waals surface area contributed by atoms with Crippen LogP contribution in [0.4, 0.5) is 4.79 Å². The Morgan fingerprint density at radius 1 is 0.972 bits per heavy atom. The van der Waals surface area contributed by atoms with Crippen molar-refractivity contribution < 1.29 is 34.1 Å². The van der Waals surface area contributed by atoms with E-state index in [0.29, 0.717) is 12.2 Å². The first-order valence-electron chi connectivity index (χ1n) is 11.0. The topological polar surface area (TPSA) is 122 Å². The first-order chi connectivity index (χ1) is 17.3. The van der Waals surface area contributed by atoms with Crippen LogP contribution < -0.4 is 10.1 Å². The van der Waals surface area contributed by atoms with Crippen molar-refractivity contribution in [2.75, 3.05) is 0 Å². The third-order valence-corrected chi connectivity index (χ3v) is 5.70. The van der Waals surface area contributed by atoms with Crippen LogP contribution in [0, 0.1) is 3.57 Å². The zero-order valence-corrected chi connectivity index (χ0v) is 21.2. The number of ether oxygens (including phenoxy) is 2. The molecule has 36 heavy (non-hydrogen) atoms. The Hall–Kier alpha value is -3.86. The molecule has 3 aromatic rings. The number of amides is 2. The number of rotatable bonds is 10. The number of carbonyl (C=O) groups excluding carboxylic acids is 2. The lowest BCUT2D eigenvalue weighted by Crippen LogP contribution is -2.36. The second-order valence-electron chi connectivity index (χ2n) is 7.64. The summed E-state index contributed by atoms with van der Waals surface area (Å²) in [5.74, 6) is -1.36. The molecule has 0 saturated heterocycles. The fourth-order valence-electron chi connectivity index (χ4n) is 3.38. The highest BCUT2D eigenvalue weighted by atomic mass is 127. The molecule has 2 amide bonds. The van der Waals surface area contributed by atoms with Gasteiger partial charge in [0, 0.05) is 20.8 Å². The van der Waals surface area contributed by atoms with Gasteiger partial charge in [0.05, 0.1) is 0 Å². The summed E-state index contributed by atoms with van der Waals surface area (Å²) in [6.45, 7) is 0. The third kappa shape index (κ3) is 8.12. The number of aromatic hydroxyl groups is 1. The molecule has 186 valence electrons. The molecule has 8 nitrogen and oxygen atoms in total. The van der Waals surface area contributed by atoms with Crippen molar-refractivity contribution in [2.45, 2.75) is 25.0 Å². The number of hydrogen-bond acceptors (Lipinski definition) is 6. The number of halogens is 1. The van der Waals surface area contributed by atoms with Crippen LogP contribution in [0.2, 0.25) is 0 Å². The van der Waals surface area contributed by atoms with Crippen LogP contribution >= 0.6 is 22.6 Å². The van der Waals surface area contributed by atoms with Gasteiger partial charge < -0.3 is 19.7 Å². The number of para-hydroxylation sites is 1. The lowest BCUT2D eigenvalue weighted by molar-refractivity contribution is -0.131. The van der Waals surface area contributed by atoms with E-state index in [1.807, 2.05) is 6.07 Å². The number of imide groups is 1. The van der Waals surface area contributed by atoms with Gasteiger partial charge in [-0.25, -0.2) is 9.59 Å². The van der Waals surface area contributed by atoms with E-state index in [4.69, 9.17) is 14.6 Å². The van der Waals surface area contributed by atoms with E-state index in [9.17, 15) is 19.5 Å². The summed E-state index contributed by atoms with van der Waals surface area (Å²) >= 11 is 2.07. The second kappa shape index (κ2) is 13.3. The standard InChI is InChI=1S/C27H24INO7/c28-19-15-16-22(30)21(17-19)25(36-27(34)29-26(33)18-9-3-1-4-10-18)23(13-7-8-14-24(31)32)35-20-11-5-2-6-12-20/h1-6,8-12,14-17,23,25,30H,7,13H2,(H,31,32)(H,29,33,34)/b14-8+/t23-,25-/m1/s1. The molecule has 0 unspecified atom stereocenters. The quantitative estimate of drug-likeness (QED) is 0.208. The number of carbonyl (C=O) groups is 3. The average molecular weight is 601 g/mol. The van der Waals surface area contributed by atoms with Gasteiger partial charge in [-0.15, -0.1) is 0 Å². The molecule has 0 fully saturated rings. The van der Waals surface area contributed by atoms with Crippen LogP contribution in [0.5, 0.6) is 11.5 Å². The zero-order valence-electron chi connectivity index (χ0n) is 19.0. The van der Waals surface area contributed by atoms with Gasteiger partial charge in [-0.1, -0.05) is 42.5 Å². The lowest BCUT2D eigenvalue weighted by Gasteiger charge is -2.28. The third-order valence-electron chi connectivity index (χ3n) is 5.03. The molecular weight excluding hydrogens is 577 g/mol. The molecule has 9 heteroatoms. The van der Waals surface area contributed by atoms with Crippen LogP contribution in [-0.2, 0) is 9.53 Å². The van der Waals surface area contributed by atoms with Crippen molar-refractivity contribution >= 4 is 40.6 Å². The smallest absolute Gasteiger partial charge is 0.414 e. The summed E-state index contributed by atoms with van der Waals surface area (Å²) in [5.41, 5.74) is 0.561. The van der Waals surface area contributed by atoms with E-state index in [1.165, 1.54) is 12.1 Å². The number of nitrogens with one attached hydrogen (secondary N) is 1. The molecule has 3 N–H and O–H groups in total. The molecule has 0 radical (unpaired) electrons. The Kier molecular flexibility index (Phi) is 9.87. The minimum atomic E-state index is -1.12. The zero-order chi connectivity index (χ0) is 25.9. The van der Waals surface area contributed by atoms with E-state index >= 15 is 0 Å². The Labute approximate surface area is 221 Å². The number of alkyl carbamates (subject to hydrolysis) is 1. The predicted molar refractivity (Wildman–Crippen MR) is 141 cm³/mol. The molecule has 3 aromatic carbocycles. The van der Waals surface area contributed by atoms with Crippen LogP contribution in [-0.4, -0.2) is 34.3 Å². The van der Waals surface area contributed by atoms with Crippen molar-refractivity contribution in [1.29, 1.82) is 0 Å². The predicted octanol–water partition coefficient (Wildman–Crippen LogP) is 5.47. The first-order valence-corrected chi connectivity index (χ1v) is 12.1. The summed E-state index contributed by atoms with van der Waals surface area (Å²) in [6, 6.07) is 21.8. The number of benzene rings is 3. The number of phenols is 1. The average Bonchev–Trinajstić information content (AvgIpc) is 2.87. The minimum absolute atomic E-state index is 0.120. The van der Waals surface area contributed by atoms with Crippen molar-refractivity contribution in [2.24, 2.45) is 0 Å². The fourth-order valence-corrected chi connectivity index (χ4v) is 3.90. The van der Waals surface area contributed by atoms with Crippen LogP contribution in [0.1, 0.15) is 34.9 Å². The van der Waals surface area contributed by atoms with Gasteiger partial charge in [-0.05, 0) is 77.9 Å². The van der Waals surface area contributed by atoms with E-state index in [1.54, 1.807) is 66.7 Å². The molecule has 2 atom stereocenters. The molecule has 0 bridgehead atoms. The maximum atomic E-state index is 12.8. The van der Waals surface area contributed by atoms with Gasteiger partial charge in [-0.3, -0.25) is 10.1 Å². The monoisotopic (exact) mass is 601 g/mol. The van der Waals surface area contributed by atoms with E-state index in [0.717, 1.165) is 9.65 Å². The van der Waals surface area contributed by atoms with Gasteiger partial charge in [0.25, 0.3) is 5.91 Å². The molecule has 3 rings (SSSR count). The largest absolute Gasteiger partial charge is 0.508 e. The number of carboxylic acid groups (broad SMARTS) is 1. The molecular formula is C27H24INO7. The summed E-state index contributed by atoms with van der Waals surface area (Å²) in [6.07, 6.45) is 0.0505. The SMILES string of the molecule is O=C(O)/C=C/CC[C@@H](Oc1ccccc1)[C@H](OC(=O)NC(=O)c1ccccc1)c1cc(I)ccc1O. The maximum Gasteiger partial charge on any atom is 0.414 e. The van der Waals surface area contributed by atoms with Crippen molar-refractivity contribution in [1.82, 2.24) is 5.32 Å². The van der Waals surface area contributed by atoms with E-state index < -0.39 is 30.2 Å². The number of hydrogen-bond donors (Lipinski definition) is 3. The van der Waals surface area contributed by atoms with Gasteiger partial charge in [-0.2, -0.15) is 0 Å². The van der Waals surface area contributed by atoms with Gasteiger partial charge in [0.2, 0.25) is 0 Å². The molecule has 0 aliphatic carbocycles. The lowest BCUT2D eigenvalue weighted by atomic mass is 9.99. The summed E-state index contributed by atoms with van der Waals surface area (Å²) in [7, 11) is 0. The number of phenolic OH excluding ortho intramolecular Hbond substituents is 1. The Bertz CT molecular complexity index is 1220.